The summed E-state index contributed by atoms with van der Waals surface area (Å²) in [5, 5.41) is 5.31. The van der Waals surface area contributed by atoms with E-state index in [0.29, 0.717) is 5.88 Å². The average Bonchev–Trinajstić information content (AvgIpc) is 2.45. The second-order valence-corrected chi connectivity index (χ2v) is 5.20. The SMILES string of the molecule is C=Cc1ccc2cc3c(Cl)c(CCl)ccc3cc2c1. The van der Waals surface area contributed by atoms with Crippen LogP contribution in [0.2, 0.25) is 5.02 Å². The third kappa shape index (κ3) is 2.11. The van der Waals surface area contributed by atoms with Crippen molar-refractivity contribution in [3.63, 3.8) is 0 Å². The van der Waals surface area contributed by atoms with Crippen molar-refractivity contribution in [3.05, 3.63) is 65.2 Å². The molecule has 0 atom stereocenters. The Morgan fingerprint density at radius 2 is 1.74 bits per heavy atom. The number of alkyl halides is 1. The lowest BCUT2D eigenvalue weighted by molar-refractivity contribution is 1.43. The Morgan fingerprint density at radius 1 is 0.947 bits per heavy atom. The number of hydrogen-bond acceptors (Lipinski definition) is 0. The van der Waals surface area contributed by atoms with Gasteiger partial charge in [0.15, 0.2) is 0 Å². The van der Waals surface area contributed by atoms with E-state index in [4.69, 9.17) is 23.2 Å². The predicted octanol–water partition coefficient (Wildman–Crippen LogP) is 6.03. The van der Waals surface area contributed by atoms with Crippen LogP contribution in [0.25, 0.3) is 27.6 Å². The van der Waals surface area contributed by atoms with Crippen LogP contribution in [-0.2, 0) is 5.88 Å². The van der Waals surface area contributed by atoms with Gasteiger partial charge in [-0.1, -0.05) is 48.5 Å². The van der Waals surface area contributed by atoms with Gasteiger partial charge in [0, 0.05) is 11.3 Å². The second-order valence-electron chi connectivity index (χ2n) is 4.56. The first kappa shape index (κ1) is 12.5. The van der Waals surface area contributed by atoms with Crippen LogP contribution in [0.3, 0.4) is 0 Å². The zero-order valence-corrected chi connectivity index (χ0v) is 11.8. The van der Waals surface area contributed by atoms with E-state index in [9.17, 15) is 0 Å². The van der Waals surface area contributed by atoms with E-state index in [0.717, 1.165) is 26.9 Å². The fraction of sp³-hybridized carbons (Fsp3) is 0.0588. The molecule has 0 nitrogen and oxygen atoms in total. The first-order valence-electron chi connectivity index (χ1n) is 6.06. The first-order valence-corrected chi connectivity index (χ1v) is 6.97. The fourth-order valence-electron chi connectivity index (χ4n) is 2.33. The highest BCUT2D eigenvalue weighted by Crippen LogP contribution is 2.32. The van der Waals surface area contributed by atoms with Crippen molar-refractivity contribution >= 4 is 50.8 Å². The molecule has 0 saturated heterocycles. The van der Waals surface area contributed by atoms with E-state index in [2.05, 4.69) is 43.0 Å². The van der Waals surface area contributed by atoms with Crippen LogP contribution in [0.4, 0.5) is 0 Å². The monoisotopic (exact) mass is 286 g/mol. The van der Waals surface area contributed by atoms with Crippen LogP contribution in [-0.4, -0.2) is 0 Å². The van der Waals surface area contributed by atoms with Crippen LogP contribution in [0.15, 0.2) is 49.0 Å². The lowest BCUT2D eigenvalue weighted by Crippen LogP contribution is -1.84. The smallest absolute Gasteiger partial charge is 0.0528 e. The van der Waals surface area contributed by atoms with E-state index < -0.39 is 0 Å². The van der Waals surface area contributed by atoms with E-state index >= 15 is 0 Å². The van der Waals surface area contributed by atoms with Gasteiger partial charge in [-0.25, -0.2) is 0 Å². The van der Waals surface area contributed by atoms with Gasteiger partial charge in [0.25, 0.3) is 0 Å². The van der Waals surface area contributed by atoms with E-state index in [1.54, 1.807) is 0 Å². The lowest BCUT2D eigenvalue weighted by atomic mass is 10.0. The van der Waals surface area contributed by atoms with E-state index in [1.807, 2.05) is 12.1 Å². The number of benzene rings is 3. The highest BCUT2D eigenvalue weighted by molar-refractivity contribution is 6.37. The second kappa shape index (κ2) is 4.88. The van der Waals surface area contributed by atoms with Crippen molar-refractivity contribution in [2.75, 3.05) is 0 Å². The fourth-order valence-corrected chi connectivity index (χ4v) is 2.91. The number of halogens is 2. The molecule has 0 fully saturated rings. The molecule has 94 valence electrons. The van der Waals surface area contributed by atoms with E-state index in [1.165, 1.54) is 10.8 Å². The number of hydrogen-bond donors (Lipinski definition) is 0. The van der Waals surface area contributed by atoms with Gasteiger partial charge in [-0.15, -0.1) is 11.6 Å². The molecule has 0 aromatic heterocycles. The quantitative estimate of drug-likeness (QED) is 0.399. The van der Waals surface area contributed by atoms with Gasteiger partial charge in [0.2, 0.25) is 0 Å². The Morgan fingerprint density at radius 3 is 2.47 bits per heavy atom. The maximum atomic E-state index is 6.40. The Bertz CT molecular complexity index is 788. The Balaban J connectivity index is 2.37. The van der Waals surface area contributed by atoms with Crippen LogP contribution in [0.1, 0.15) is 11.1 Å². The largest absolute Gasteiger partial charge is 0.121 e. The van der Waals surface area contributed by atoms with Crippen LogP contribution in [0, 0.1) is 0 Å². The highest BCUT2D eigenvalue weighted by Gasteiger charge is 2.06. The van der Waals surface area contributed by atoms with Crippen molar-refractivity contribution < 1.29 is 0 Å². The highest BCUT2D eigenvalue weighted by atomic mass is 35.5. The Kier molecular flexibility index (Phi) is 3.22. The molecular weight excluding hydrogens is 275 g/mol. The maximum Gasteiger partial charge on any atom is 0.0528 e. The molecule has 0 unspecified atom stereocenters. The summed E-state index contributed by atoms with van der Waals surface area (Å²) in [6.45, 7) is 3.80. The summed E-state index contributed by atoms with van der Waals surface area (Å²) in [7, 11) is 0. The summed E-state index contributed by atoms with van der Waals surface area (Å²) in [5.41, 5.74) is 2.09. The van der Waals surface area contributed by atoms with Crippen LogP contribution >= 0.6 is 23.2 Å². The van der Waals surface area contributed by atoms with Gasteiger partial charge in [0.1, 0.15) is 0 Å². The van der Waals surface area contributed by atoms with Gasteiger partial charge in [0.05, 0.1) is 5.02 Å². The summed E-state index contributed by atoms with van der Waals surface area (Å²) in [6.07, 6.45) is 1.85. The molecule has 0 aliphatic heterocycles. The third-order valence-electron chi connectivity index (χ3n) is 3.39. The summed E-state index contributed by atoms with van der Waals surface area (Å²) in [5.74, 6) is 0.433. The van der Waals surface area contributed by atoms with Gasteiger partial charge in [-0.2, -0.15) is 0 Å². The summed E-state index contributed by atoms with van der Waals surface area (Å²) in [6, 6.07) is 14.6. The van der Waals surface area contributed by atoms with Crippen molar-refractivity contribution in [1.82, 2.24) is 0 Å². The Hall–Kier alpha value is -1.50. The van der Waals surface area contributed by atoms with Crippen LogP contribution < -0.4 is 0 Å². The topological polar surface area (TPSA) is 0 Å². The molecule has 0 spiro atoms. The molecule has 0 saturated carbocycles. The average molecular weight is 287 g/mol. The van der Waals surface area contributed by atoms with Gasteiger partial charge >= 0.3 is 0 Å². The number of rotatable bonds is 2. The Labute approximate surface area is 122 Å². The van der Waals surface area contributed by atoms with Crippen LogP contribution in [0.5, 0.6) is 0 Å². The summed E-state index contributed by atoms with van der Waals surface area (Å²) < 4.78 is 0. The molecule has 0 amide bonds. The lowest BCUT2D eigenvalue weighted by Gasteiger charge is -2.08. The third-order valence-corrected chi connectivity index (χ3v) is 4.13. The van der Waals surface area contributed by atoms with Crippen molar-refractivity contribution in [2.45, 2.75) is 5.88 Å². The molecule has 2 heteroatoms. The van der Waals surface area contributed by atoms with Gasteiger partial charge < -0.3 is 0 Å². The molecule has 19 heavy (non-hydrogen) atoms. The minimum Gasteiger partial charge on any atom is -0.121 e. The summed E-state index contributed by atoms with van der Waals surface area (Å²) >= 11 is 12.3. The molecule has 0 radical (unpaired) electrons. The number of fused-ring (bicyclic) bond motifs is 2. The van der Waals surface area contributed by atoms with Crippen molar-refractivity contribution in [2.24, 2.45) is 0 Å². The molecular formula is C17H12Cl2. The van der Waals surface area contributed by atoms with Crippen molar-refractivity contribution in [3.8, 4) is 0 Å². The van der Waals surface area contributed by atoms with Crippen molar-refractivity contribution in [1.29, 1.82) is 0 Å². The van der Waals surface area contributed by atoms with Gasteiger partial charge in [-0.05, 0) is 45.5 Å². The zero-order valence-electron chi connectivity index (χ0n) is 10.3. The minimum absolute atomic E-state index is 0.433. The molecule has 3 rings (SSSR count). The molecule has 3 aromatic rings. The molecule has 0 aliphatic rings. The standard InChI is InChI=1S/C17H12Cl2/c1-2-11-3-4-12-9-16-13(8-15(12)7-11)5-6-14(10-18)17(16)19/h2-9H,1,10H2. The summed E-state index contributed by atoms with van der Waals surface area (Å²) in [4.78, 5) is 0. The van der Waals surface area contributed by atoms with Gasteiger partial charge in [-0.3, -0.25) is 0 Å². The molecule has 3 aromatic carbocycles. The maximum absolute atomic E-state index is 6.40. The van der Waals surface area contributed by atoms with E-state index in [-0.39, 0.29) is 0 Å². The normalized spacial score (nSPS) is 11.1. The molecule has 0 heterocycles. The molecule has 0 bridgehead atoms. The molecule has 0 aliphatic carbocycles. The predicted molar refractivity (Wildman–Crippen MR) is 86.1 cm³/mol. The first-order chi connectivity index (χ1) is 9.22. The zero-order chi connectivity index (χ0) is 13.4. The molecule has 0 N–H and O–H groups in total. The minimum atomic E-state index is 0.433.